The van der Waals surface area contributed by atoms with Crippen LogP contribution in [0.5, 0.6) is 5.75 Å². The van der Waals surface area contributed by atoms with Gasteiger partial charge < -0.3 is 25.2 Å². The van der Waals surface area contributed by atoms with Crippen molar-refractivity contribution in [2.75, 3.05) is 32.5 Å². The van der Waals surface area contributed by atoms with Gasteiger partial charge in [-0.3, -0.25) is 4.79 Å². The summed E-state index contributed by atoms with van der Waals surface area (Å²) >= 11 is 0. The van der Waals surface area contributed by atoms with Crippen molar-refractivity contribution in [2.45, 2.75) is 25.6 Å². The minimum absolute atomic E-state index is 0.120. The van der Waals surface area contributed by atoms with E-state index in [2.05, 4.69) is 0 Å². The summed E-state index contributed by atoms with van der Waals surface area (Å²) in [6, 6.07) is 4.99. The van der Waals surface area contributed by atoms with Crippen LogP contribution in [0.1, 0.15) is 24.2 Å². The molecular weight excluding hydrogens is 272 g/mol. The summed E-state index contributed by atoms with van der Waals surface area (Å²) in [4.78, 5) is 14.3. The number of nitrogen functional groups attached to an aromatic ring is 1. The molecule has 3 N–H and O–H groups in total. The number of aliphatic hydroxyl groups excluding tert-OH is 1. The Balaban J connectivity index is 2.22. The van der Waals surface area contributed by atoms with Crippen molar-refractivity contribution in [1.82, 2.24) is 4.90 Å². The molecular formula is C15H22N2O4. The van der Waals surface area contributed by atoms with E-state index in [9.17, 15) is 9.90 Å². The van der Waals surface area contributed by atoms with Crippen molar-refractivity contribution < 1.29 is 19.4 Å². The number of amides is 1. The molecule has 1 heterocycles. The van der Waals surface area contributed by atoms with E-state index in [1.807, 2.05) is 13.8 Å². The third-order valence-electron chi connectivity index (χ3n) is 3.46. The van der Waals surface area contributed by atoms with Gasteiger partial charge in [0.05, 0.1) is 31.0 Å². The Morgan fingerprint density at radius 3 is 2.86 bits per heavy atom. The van der Waals surface area contributed by atoms with Crippen LogP contribution >= 0.6 is 0 Å². The van der Waals surface area contributed by atoms with Gasteiger partial charge in [-0.1, -0.05) is 0 Å². The maximum absolute atomic E-state index is 12.6. The molecule has 0 aliphatic carbocycles. The molecule has 1 fully saturated rings. The third kappa shape index (κ3) is 3.46. The summed E-state index contributed by atoms with van der Waals surface area (Å²) < 4.78 is 10.8. The second kappa shape index (κ2) is 5.91. The minimum atomic E-state index is -0.497. The van der Waals surface area contributed by atoms with Gasteiger partial charge in [-0.25, -0.2) is 0 Å². The Bertz CT molecular complexity index is 530. The third-order valence-corrected chi connectivity index (χ3v) is 3.46. The number of aliphatic hydroxyl groups is 1. The first kappa shape index (κ1) is 15.6. The lowest BCUT2D eigenvalue weighted by molar-refractivity contribution is -0.139. The Morgan fingerprint density at radius 2 is 2.29 bits per heavy atom. The molecule has 1 aromatic carbocycles. The molecule has 0 bridgehead atoms. The van der Waals surface area contributed by atoms with Gasteiger partial charge in [0.2, 0.25) is 0 Å². The first-order valence-corrected chi connectivity index (χ1v) is 6.88. The van der Waals surface area contributed by atoms with Gasteiger partial charge in [-0.05, 0) is 26.0 Å². The van der Waals surface area contributed by atoms with Crippen LogP contribution in [-0.2, 0) is 4.74 Å². The van der Waals surface area contributed by atoms with Crippen LogP contribution in [0, 0.1) is 0 Å². The lowest BCUT2D eigenvalue weighted by atomic mass is 10.0. The molecule has 0 aromatic heterocycles. The summed E-state index contributed by atoms with van der Waals surface area (Å²) in [6.07, 6.45) is -0.378. The van der Waals surface area contributed by atoms with E-state index in [0.717, 1.165) is 0 Å². The van der Waals surface area contributed by atoms with Gasteiger partial charge in [-0.15, -0.1) is 0 Å². The number of anilines is 1. The first-order chi connectivity index (χ1) is 9.86. The molecule has 2 rings (SSSR count). The minimum Gasteiger partial charge on any atom is -0.497 e. The van der Waals surface area contributed by atoms with Crippen molar-refractivity contribution in [1.29, 1.82) is 0 Å². The van der Waals surface area contributed by atoms with Crippen LogP contribution in [0.4, 0.5) is 5.69 Å². The van der Waals surface area contributed by atoms with Crippen molar-refractivity contribution >= 4 is 11.6 Å². The normalized spacial score (nSPS) is 21.1. The van der Waals surface area contributed by atoms with E-state index in [1.54, 1.807) is 30.2 Å². The molecule has 1 saturated heterocycles. The van der Waals surface area contributed by atoms with Crippen LogP contribution in [0.15, 0.2) is 18.2 Å². The monoisotopic (exact) mass is 294 g/mol. The smallest absolute Gasteiger partial charge is 0.256 e. The quantitative estimate of drug-likeness (QED) is 0.809. The molecule has 1 amide bonds. The van der Waals surface area contributed by atoms with Crippen molar-refractivity contribution in [2.24, 2.45) is 0 Å². The van der Waals surface area contributed by atoms with Crippen LogP contribution in [0.2, 0.25) is 0 Å². The molecule has 6 heteroatoms. The van der Waals surface area contributed by atoms with E-state index in [0.29, 0.717) is 30.1 Å². The van der Waals surface area contributed by atoms with Crippen molar-refractivity contribution in [3.05, 3.63) is 23.8 Å². The van der Waals surface area contributed by atoms with Crippen LogP contribution in [0.3, 0.4) is 0 Å². The van der Waals surface area contributed by atoms with Gasteiger partial charge in [0.15, 0.2) is 0 Å². The zero-order valence-electron chi connectivity index (χ0n) is 12.6. The zero-order chi connectivity index (χ0) is 15.6. The highest BCUT2D eigenvalue weighted by Gasteiger charge is 2.36. The molecule has 6 nitrogen and oxygen atoms in total. The summed E-state index contributed by atoms with van der Waals surface area (Å²) in [5, 5.41) is 9.31. The number of hydrogen-bond donors (Lipinski definition) is 2. The number of nitrogens with two attached hydrogens (primary N) is 1. The van der Waals surface area contributed by atoms with E-state index in [4.69, 9.17) is 15.2 Å². The Labute approximate surface area is 124 Å². The highest BCUT2D eigenvalue weighted by atomic mass is 16.5. The molecule has 1 unspecified atom stereocenters. The average molecular weight is 294 g/mol. The highest BCUT2D eigenvalue weighted by molar-refractivity contribution is 5.99. The average Bonchev–Trinajstić information content (AvgIpc) is 2.44. The topological polar surface area (TPSA) is 85.0 Å². The van der Waals surface area contributed by atoms with Gasteiger partial charge in [0.1, 0.15) is 5.75 Å². The standard InChI is InChI=1S/C15H22N2O4/c1-15(2)9-17(7-11(8-18)21-15)14(19)12-5-4-10(20-3)6-13(12)16/h4-6,11,18H,7-9,16H2,1-3H3. The summed E-state index contributed by atoms with van der Waals surface area (Å²) in [7, 11) is 1.55. The van der Waals surface area contributed by atoms with Crippen LogP contribution in [0.25, 0.3) is 0 Å². The molecule has 1 aromatic rings. The second-order valence-electron chi connectivity index (χ2n) is 5.82. The fourth-order valence-corrected chi connectivity index (χ4v) is 2.58. The number of carbonyl (C=O) groups excluding carboxylic acids is 1. The van der Waals surface area contributed by atoms with Gasteiger partial charge in [0.25, 0.3) is 5.91 Å². The highest BCUT2D eigenvalue weighted by Crippen LogP contribution is 2.25. The summed E-state index contributed by atoms with van der Waals surface area (Å²) in [5.41, 5.74) is 6.25. The number of benzene rings is 1. The fraction of sp³-hybridized carbons (Fsp3) is 0.533. The zero-order valence-corrected chi connectivity index (χ0v) is 12.6. The molecule has 0 radical (unpaired) electrons. The maximum Gasteiger partial charge on any atom is 0.256 e. The first-order valence-electron chi connectivity index (χ1n) is 6.88. The Hall–Kier alpha value is -1.79. The molecule has 1 aliphatic rings. The number of morpholine rings is 1. The number of rotatable bonds is 3. The lowest BCUT2D eigenvalue weighted by Gasteiger charge is -2.42. The number of nitrogens with zero attached hydrogens (tertiary/aromatic N) is 1. The van der Waals surface area contributed by atoms with Crippen molar-refractivity contribution in [3.63, 3.8) is 0 Å². The van der Waals surface area contributed by atoms with Gasteiger partial charge in [-0.2, -0.15) is 0 Å². The molecule has 116 valence electrons. The van der Waals surface area contributed by atoms with Crippen LogP contribution in [-0.4, -0.2) is 54.4 Å². The maximum atomic E-state index is 12.6. The number of carbonyl (C=O) groups is 1. The number of methoxy groups -OCH3 is 1. The largest absolute Gasteiger partial charge is 0.497 e. The van der Waals surface area contributed by atoms with E-state index in [-0.39, 0.29) is 18.6 Å². The Kier molecular flexibility index (Phi) is 4.39. The van der Waals surface area contributed by atoms with E-state index >= 15 is 0 Å². The molecule has 0 saturated carbocycles. The number of hydrogen-bond acceptors (Lipinski definition) is 5. The Morgan fingerprint density at radius 1 is 1.57 bits per heavy atom. The molecule has 0 spiro atoms. The molecule has 1 aliphatic heterocycles. The summed E-state index contributed by atoms with van der Waals surface area (Å²) in [6.45, 7) is 4.47. The SMILES string of the molecule is COc1ccc(C(=O)N2CC(CO)OC(C)(C)C2)c(N)c1. The van der Waals surface area contributed by atoms with E-state index < -0.39 is 5.60 Å². The fourth-order valence-electron chi connectivity index (χ4n) is 2.58. The van der Waals surface area contributed by atoms with Gasteiger partial charge >= 0.3 is 0 Å². The second-order valence-corrected chi connectivity index (χ2v) is 5.82. The summed E-state index contributed by atoms with van der Waals surface area (Å²) in [5.74, 6) is 0.449. The predicted molar refractivity (Wildman–Crippen MR) is 79.3 cm³/mol. The van der Waals surface area contributed by atoms with E-state index in [1.165, 1.54) is 0 Å². The number of ether oxygens (including phenoxy) is 2. The van der Waals surface area contributed by atoms with Gasteiger partial charge in [0, 0.05) is 24.8 Å². The molecule has 21 heavy (non-hydrogen) atoms. The molecule has 1 atom stereocenters. The van der Waals surface area contributed by atoms with Crippen molar-refractivity contribution in [3.8, 4) is 5.75 Å². The predicted octanol–water partition coefficient (Wildman–Crippen LogP) is 0.889. The van der Waals surface area contributed by atoms with Crippen LogP contribution < -0.4 is 10.5 Å². The lowest BCUT2D eigenvalue weighted by Crippen LogP contribution is -2.55.